The molecule has 3 fully saturated rings. The molecule has 7 atom stereocenters. The van der Waals surface area contributed by atoms with Gasteiger partial charge < -0.3 is 4.74 Å². The van der Waals surface area contributed by atoms with Gasteiger partial charge in [0, 0.05) is 12.0 Å². The van der Waals surface area contributed by atoms with E-state index in [1.165, 1.54) is 17.0 Å². The predicted molar refractivity (Wildman–Crippen MR) is 118 cm³/mol. The molecule has 2 saturated carbocycles. The van der Waals surface area contributed by atoms with Crippen molar-refractivity contribution in [2.75, 3.05) is 0 Å². The van der Waals surface area contributed by atoms with Crippen LogP contribution in [0.1, 0.15) is 22.3 Å². The van der Waals surface area contributed by atoms with E-state index in [1.54, 1.807) is 12.1 Å². The number of amides is 2. The van der Waals surface area contributed by atoms with Crippen LogP contribution in [0.4, 0.5) is 0 Å². The number of aldehydes is 1. The monoisotopic (exact) mass is 441 g/mol. The molecule has 166 valence electrons. The molecule has 2 aromatic carbocycles. The quantitative estimate of drug-likeness (QED) is 0.226. The van der Waals surface area contributed by atoms with Gasteiger partial charge in [-0.25, -0.2) is 4.79 Å². The van der Waals surface area contributed by atoms with E-state index >= 15 is 0 Å². The second-order valence-corrected chi connectivity index (χ2v) is 9.51. The van der Waals surface area contributed by atoms with Gasteiger partial charge in [-0.15, -0.1) is 0 Å². The average Bonchev–Trinajstić information content (AvgIpc) is 3.62. The standard InChI is InChI=1S/C27H23NO5/c29-14-16-6-8-17(9-7-16)33-27(32)22(12-15-4-2-1-3-5-15)28-25(30)23-18-10-11-19(21-13-20(18)21)24(23)26(28)31/h1-11,14,18-24H,12-13H2/t18-,19-,20-,21-,22+,23+,24+/m1/s1. The Morgan fingerprint density at radius 2 is 1.55 bits per heavy atom. The minimum Gasteiger partial charge on any atom is -0.425 e. The van der Waals surface area contributed by atoms with Crippen molar-refractivity contribution in [3.63, 3.8) is 0 Å². The van der Waals surface area contributed by atoms with Gasteiger partial charge in [0.2, 0.25) is 11.8 Å². The first-order valence-corrected chi connectivity index (χ1v) is 11.4. The van der Waals surface area contributed by atoms with Gasteiger partial charge in [0.25, 0.3) is 0 Å². The van der Waals surface area contributed by atoms with Crippen LogP contribution in [0.5, 0.6) is 5.75 Å². The molecule has 2 amide bonds. The molecule has 33 heavy (non-hydrogen) atoms. The third-order valence-electron chi connectivity index (χ3n) is 7.79. The van der Waals surface area contributed by atoms with Crippen molar-refractivity contribution in [3.8, 4) is 5.75 Å². The van der Waals surface area contributed by atoms with Crippen molar-refractivity contribution >= 4 is 24.1 Å². The van der Waals surface area contributed by atoms with Crippen LogP contribution in [-0.2, 0) is 20.8 Å². The Hall–Kier alpha value is -3.54. The van der Waals surface area contributed by atoms with Crippen LogP contribution in [0.2, 0.25) is 0 Å². The zero-order valence-electron chi connectivity index (χ0n) is 17.9. The number of carbonyl (C=O) groups excluding carboxylic acids is 4. The summed E-state index contributed by atoms with van der Waals surface area (Å²) < 4.78 is 5.59. The zero-order chi connectivity index (χ0) is 22.7. The van der Waals surface area contributed by atoms with E-state index in [0.717, 1.165) is 12.0 Å². The Morgan fingerprint density at radius 3 is 2.12 bits per heavy atom. The number of allylic oxidation sites excluding steroid dienone is 2. The average molecular weight is 441 g/mol. The summed E-state index contributed by atoms with van der Waals surface area (Å²) >= 11 is 0. The van der Waals surface area contributed by atoms with Crippen molar-refractivity contribution < 1.29 is 23.9 Å². The summed E-state index contributed by atoms with van der Waals surface area (Å²) in [7, 11) is 0. The van der Waals surface area contributed by atoms with Gasteiger partial charge in [-0.1, -0.05) is 42.5 Å². The topological polar surface area (TPSA) is 80.8 Å². The lowest BCUT2D eigenvalue weighted by molar-refractivity contribution is -0.153. The number of imide groups is 1. The smallest absolute Gasteiger partial charge is 0.335 e. The molecule has 0 unspecified atom stereocenters. The molecule has 1 aliphatic heterocycles. The molecular weight excluding hydrogens is 418 g/mol. The van der Waals surface area contributed by atoms with Crippen LogP contribution in [0.25, 0.3) is 0 Å². The van der Waals surface area contributed by atoms with E-state index in [0.29, 0.717) is 23.7 Å². The summed E-state index contributed by atoms with van der Waals surface area (Å²) in [5, 5.41) is 0. The maximum absolute atomic E-state index is 13.6. The van der Waals surface area contributed by atoms with Crippen LogP contribution in [0.15, 0.2) is 66.7 Å². The fourth-order valence-electron chi connectivity index (χ4n) is 6.20. The van der Waals surface area contributed by atoms with Gasteiger partial charge in [-0.3, -0.25) is 19.3 Å². The summed E-state index contributed by atoms with van der Waals surface area (Å²) in [5.74, 6) is -0.433. The molecule has 0 N–H and O–H groups in total. The van der Waals surface area contributed by atoms with E-state index < -0.39 is 12.0 Å². The summed E-state index contributed by atoms with van der Waals surface area (Å²) in [6.45, 7) is 0. The number of hydrogen-bond donors (Lipinski definition) is 0. The van der Waals surface area contributed by atoms with Crippen molar-refractivity contribution in [2.45, 2.75) is 18.9 Å². The molecule has 7 rings (SSSR count). The van der Waals surface area contributed by atoms with E-state index in [9.17, 15) is 19.2 Å². The Bertz CT molecular complexity index is 1130. The van der Waals surface area contributed by atoms with Crippen LogP contribution < -0.4 is 4.74 Å². The summed E-state index contributed by atoms with van der Waals surface area (Å²) in [6.07, 6.45) is 6.22. The number of esters is 1. The highest BCUT2D eigenvalue weighted by atomic mass is 16.5. The molecule has 0 aromatic heterocycles. The predicted octanol–water partition coefficient (Wildman–Crippen LogP) is 3.07. The minimum absolute atomic E-state index is 0.0933. The second kappa shape index (κ2) is 7.51. The van der Waals surface area contributed by atoms with Gasteiger partial charge in [0.15, 0.2) is 0 Å². The number of likely N-dealkylation sites (tertiary alicyclic amines) is 1. The summed E-state index contributed by atoms with van der Waals surface area (Å²) in [5.41, 5.74) is 1.31. The van der Waals surface area contributed by atoms with Gasteiger partial charge in [0.1, 0.15) is 18.1 Å². The maximum Gasteiger partial charge on any atom is 0.335 e. The van der Waals surface area contributed by atoms with Crippen LogP contribution in [0, 0.1) is 35.5 Å². The van der Waals surface area contributed by atoms with Crippen LogP contribution >= 0.6 is 0 Å². The lowest BCUT2D eigenvalue weighted by Gasteiger charge is -2.37. The molecule has 0 radical (unpaired) electrons. The number of benzene rings is 2. The highest BCUT2D eigenvalue weighted by Crippen LogP contribution is 2.65. The minimum atomic E-state index is -1.04. The molecule has 0 spiro atoms. The van der Waals surface area contributed by atoms with E-state index in [4.69, 9.17) is 4.74 Å². The summed E-state index contributed by atoms with van der Waals surface area (Å²) in [6, 6.07) is 14.5. The first-order chi connectivity index (χ1) is 16.1. The maximum atomic E-state index is 13.6. The lowest BCUT2D eigenvalue weighted by Crippen LogP contribution is -2.48. The fraction of sp³-hybridized carbons (Fsp3) is 0.333. The Labute approximate surface area is 191 Å². The van der Waals surface area contributed by atoms with E-state index in [2.05, 4.69) is 12.2 Å². The zero-order valence-corrected chi connectivity index (χ0v) is 17.9. The molecule has 1 saturated heterocycles. The largest absolute Gasteiger partial charge is 0.425 e. The highest BCUT2D eigenvalue weighted by molar-refractivity contribution is 6.09. The number of ether oxygens (including phenoxy) is 1. The van der Waals surface area contributed by atoms with Gasteiger partial charge in [-0.05, 0) is 59.9 Å². The molecule has 1 heterocycles. The second-order valence-electron chi connectivity index (χ2n) is 9.51. The first kappa shape index (κ1) is 20.1. The Kier molecular flexibility index (Phi) is 4.57. The first-order valence-electron chi connectivity index (χ1n) is 11.4. The molecule has 4 aliphatic carbocycles. The van der Waals surface area contributed by atoms with Gasteiger partial charge in [-0.2, -0.15) is 0 Å². The molecular formula is C27H23NO5. The highest BCUT2D eigenvalue weighted by Gasteiger charge is 2.68. The number of nitrogens with zero attached hydrogens (tertiary/aromatic N) is 1. The van der Waals surface area contributed by atoms with Crippen molar-refractivity contribution in [3.05, 3.63) is 77.9 Å². The van der Waals surface area contributed by atoms with Crippen molar-refractivity contribution in [1.82, 2.24) is 4.90 Å². The third-order valence-corrected chi connectivity index (χ3v) is 7.79. The Balaban J connectivity index is 1.32. The normalized spacial score (nSPS) is 31.7. The van der Waals surface area contributed by atoms with Crippen molar-refractivity contribution in [1.29, 1.82) is 0 Å². The van der Waals surface area contributed by atoms with E-state index in [1.807, 2.05) is 30.3 Å². The van der Waals surface area contributed by atoms with Crippen LogP contribution in [-0.4, -0.2) is 35.0 Å². The number of rotatable bonds is 6. The van der Waals surface area contributed by atoms with Gasteiger partial charge >= 0.3 is 5.97 Å². The van der Waals surface area contributed by atoms with Crippen LogP contribution in [0.3, 0.4) is 0 Å². The van der Waals surface area contributed by atoms with Crippen molar-refractivity contribution in [2.24, 2.45) is 35.5 Å². The fourth-order valence-corrected chi connectivity index (χ4v) is 6.20. The molecule has 2 bridgehead atoms. The SMILES string of the molecule is O=Cc1ccc(OC(=O)[C@H](Cc2ccccc2)N2C(=O)[C@H]3[C@@H]4C=C[C@H]([C@H]5C[C@H]45)[C@@H]3C2=O)cc1. The number of hydrogen-bond acceptors (Lipinski definition) is 5. The molecule has 6 nitrogen and oxygen atoms in total. The molecule has 6 heteroatoms. The van der Waals surface area contributed by atoms with Gasteiger partial charge in [0.05, 0.1) is 11.8 Å². The molecule has 2 aromatic rings. The third kappa shape index (κ3) is 3.16. The van der Waals surface area contributed by atoms with E-state index in [-0.39, 0.29) is 47.7 Å². The number of carbonyl (C=O) groups is 4. The Morgan fingerprint density at radius 1 is 0.939 bits per heavy atom. The lowest BCUT2D eigenvalue weighted by atomic mass is 9.63. The molecule has 5 aliphatic rings. The summed E-state index contributed by atoms with van der Waals surface area (Å²) in [4.78, 5) is 52.7.